The van der Waals surface area contributed by atoms with Gasteiger partial charge in [-0.15, -0.1) is 21.5 Å². The second kappa shape index (κ2) is 7.16. The number of H-pyrrole nitrogens is 1. The first kappa shape index (κ1) is 19.4. The van der Waals surface area contributed by atoms with Crippen molar-refractivity contribution < 1.29 is 0 Å². The third kappa shape index (κ3) is 4.23. The van der Waals surface area contributed by atoms with Gasteiger partial charge in [-0.25, -0.2) is 0 Å². The van der Waals surface area contributed by atoms with E-state index in [1.165, 1.54) is 30.6 Å². The predicted molar refractivity (Wildman–Crippen MR) is 116 cm³/mol. The number of hydrogen-bond donors (Lipinski definition) is 2. The maximum absolute atomic E-state index is 6.46. The van der Waals surface area contributed by atoms with Crippen LogP contribution in [0.3, 0.4) is 0 Å². The Morgan fingerprint density at radius 3 is 2.64 bits per heavy atom. The molecule has 2 N–H and O–H groups in total. The summed E-state index contributed by atoms with van der Waals surface area (Å²) in [7, 11) is 0. The highest BCUT2D eigenvalue weighted by Crippen LogP contribution is 2.46. The maximum atomic E-state index is 6.46. The summed E-state index contributed by atoms with van der Waals surface area (Å²) in [6, 6.07) is 12.1. The Balaban J connectivity index is 1.57. The van der Waals surface area contributed by atoms with Crippen LogP contribution in [0.5, 0.6) is 0 Å². The quantitative estimate of drug-likeness (QED) is 0.544. The zero-order chi connectivity index (χ0) is 19.9. The Labute approximate surface area is 174 Å². The second-order valence-electron chi connectivity index (χ2n) is 9.27. The van der Waals surface area contributed by atoms with Crippen LogP contribution in [0.4, 0.5) is 5.69 Å². The third-order valence-corrected chi connectivity index (χ3v) is 6.75. The number of tetrazole rings is 1. The molecule has 28 heavy (non-hydrogen) atoms. The number of thiophene rings is 1. The van der Waals surface area contributed by atoms with Gasteiger partial charge in [0.1, 0.15) is 0 Å². The van der Waals surface area contributed by atoms with Crippen LogP contribution in [-0.2, 0) is 0 Å². The largest absolute Gasteiger partial charge is 0.382 e. The molecule has 147 valence electrons. The highest BCUT2D eigenvalue weighted by atomic mass is 35.5. The van der Waals surface area contributed by atoms with Crippen LogP contribution in [0.25, 0.3) is 21.1 Å². The molecular weight excluding hydrogens is 390 g/mol. The number of aromatic nitrogens is 4. The van der Waals surface area contributed by atoms with Crippen molar-refractivity contribution in [2.75, 3.05) is 5.32 Å². The van der Waals surface area contributed by atoms with Crippen LogP contribution in [-0.4, -0.2) is 26.7 Å². The molecule has 2 heterocycles. The first-order chi connectivity index (χ1) is 13.2. The summed E-state index contributed by atoms with van der Waals surface area (Å²) in [4.78, 5) is 1.75. The molecule has 1 fully saturated rings. The molecule has 3 aromatic rings. The van der Waals surface area contributed by atoms with Crippen LogP contribution in [0, 0.1) is 16.9 Å². The fourth-order valence-electron chi connectivity index (χ4n) is 4.81. The zero-order valence-corrected chi connectivity index (χ0v) is 18.2. The zero-order valence-electron chi connectivity index (χ0n) is 16.6. The lowest BCUT2D eigenvalue weighted by atomic mass is 9.63. The van der Waals surface area contributed by atoms with Crippen LogP contribution in [0.1, 0.15) is 47.0 Å². The smallest absolute Gasteiger partial charge is 0.215 e. The molecule has 1 aromatic carbocycles. The lowest BCUT2D eigenvalue weighted by Crippen LogP contribution is -2.40. The lowest BCUT2D eigenvalue weighted by molar-refractivity contribution is 0.105. The van der Waals surface area contributed by atoms with E-state index in [0.717, 1.165) is 21.0 Å². The summed E-state index contributed by atoms with van der Waals surface area (Å²) >= 11 is 7.99. The molecule has 0 aliphatic heterocycles. The SMILES string of the molecule is CC1(C)CC(Nc2cccc(-c3sc(-c4nn[nH]n4)[c]c3Cl)c2)CC(C)(C)C1. The van der Waals surface area contributed by atoms with E-state index in [0.29, 0.717) is 27.7 Å². The Bertz CT molecular complexity index is 945. The van der Waals surface area contributed by atoms with Gasteiger partial charge < -0.3 is 5.32 Å². The van der Waals surface area contributed by atoms with Crippen LogP contribution in [0.2, 0.25) is 5.02 Å². The van der Waals surface area contributed by atoms with Crippen molar-refractivity contribution in [3.63, 3.8) is 0 Å². The van der Waals surface area contributed by atoms with E-state index < -0.39 is 0 Å². The molecule has 1 aliphatic rings. The van der Waals surface area contributed by atoms with Gasteiger partial charge in [0.25, 0.3) is 0 Å². The van der Waals surface area contributed by atoms with Gasteiger partial charge in [0.05, 0.1) is 14.8 Å². The number of hydrogen-bond acceptors (Lipinski definition) is 5. The van der Waals surface area contributed by atoms with Crippen molar-refractivity contribution in [2.24, 2.45) is 10.8 Å². The molecule has 2 aromatic heterocycles. The van der Waals surface area contributed by atoms with Crippen molar-refractivity contribution in [3.8, 4) is 21.1 Å². The van der Waals surface area contributed by atoms with Crippen molar-refractivity contribution in [1.82, 2.24) is 20.6 Å². The molecule has 1 aliphatic carbocycles. The molecule has 0 unspecified atom stereocenters. The Morgan fingerprint density at radius 1 is 1.21 bits per heavy atom. The molecule has 0 saturated heterocycles. The summed E-state index contributed by atoms with van der Waals surface area (Å²) in [5.41, 5.74) is 2.90. The van der Waals surface area contributed by atoms with E-state index in [1.807, 2.05) is 0 Å². The van der Waals surface area contributed by atoms with Gasteiger partial charge in [0.15, 0.2) is 0 Å². The molecule has 7 heteroatoms. The Morgan fingerprint density at radius 2 is 1.96 bits per heavy atom. The number of anilines is 1. The van der Waals surface area contributed by atoms with Crippen molar-refractivity contribution in [2.45, 2.75) is 53.0 Å². The van der Waals surface area contributed by atoms with Crippen molar-refractivity contribution in [1.29, 1.82) is 0 Å². The van der Waals surface area contributed by atoms with Gasteiger partial charge >= 0.3 is 0 Å². The van der Waals surface area contributed by atoms with E-state index in [2.05, 4.69) is 84.0 Å². The van der Waals surface area contributed by atoms with Crippen molar-refractivity contribution in [3.05, 3.63) is 35.4 Å². The summed E-state index contributed by atoms with van der Waals surface area (Å²) in [6.07, 6.45) is 3.62. The van der Waals surface area contributed by atoms with E-state index in [-0.39, 0.29) is 0 Å². The van der Waals surface area contributed by atoms with Crippen molar-refractivity contribution >= 4 is 28.6 Å². The minimum absolute atomic E-state index is 0.350. The lowest BCUT2D eigenvalue weighted by Gasteiger charge is -2.45. The van der Waals surface area contributed by atoms with Gasteiger partial charge in [-0.3, -0.25) is 0 Å². The number of benzene rings is 1. The summed E-state index contributed by atoms with van der Waals surface area (Å²) in [6.45, 7) is 9.50. The number of aromatic amines is 1. The molecule has 1 saturated carbocycles. The molecule has 0 atom stereocenters. The standard InChI is InChI=1S/C21H25ClN5S/c1-20(2)10-15(11-21(3,4)12-20)23-14-7-5-6-13(8-14)18-16(22)9-17(28-18)19-24-26-27-25-19/h5-8,15,23H,10-12H2,1-4H3,(H,24,25,26,27). The second-order valence-corrected chi connectivity index (χ2v) is 10.7. The van der Waals surface area contributed by atoms with E-state index >= 15 is 0 Å². The van der Waals surface area contributed by atoms with Crippen LogP contribution >= 0.6 is 22.9 Å². The van der Waals surface area contributed by atoms with Gasteiger partial charge in [0.2, 0.25) is 5.82 Å². The average Bonchev–Trinajstić information content (AvgIpc) is 3.21. The summed E-state index contributed by atoms with van der Waals surface area (Å²) < 4.78 is 0. The molecule has 5 nitrogen and oxygen atoms in total. The van der Waals surface area contributed by atoms with Crippen LogP contribution in [0.15, 0.2) is 24.3 Å². The monoisotopic (exact) mass is 414 g/mol. The van der Waals surface area contributed by atoms with E-state index in [9.17, 15) is 0 Å². The minimum atomic E-state index is 0.350. The number of halogens is 1. The molecular formula is C21H25ClN5S. The molecule has 0 bridgehead atoms. The average molecular weight is 415 g/mol. The third-order valence-electron chi connectivity index (χ3n) is 5.23. The van der Waals surface area contributed by atoms with Crippen LogP contribution < -0.4 is 5.32 Å². The van der Waals surface area contributed by atoms with Gasteiger partial charge in [0, 0.05) is 17.8 Å². The maximum Gasteiger partial charge on any atom is 0.215 e. The number of rotatable bonds is 4. The topological polar surface area (TPSA) is 66.5 Å². The Kier molecular flexibility index (Phi) is 4.96. The minimum Gasteiger partial charge on any atom is -0.382 e. The van der Waals surface area contributed by atoms with Gasteiger partial charge in [-0.1, -0.05) is 51.4 Å². The first-order valence-electron chi connectivity index (χ1n) is 9.53. The number of nitrogens with zero attached hydrogens (tertiary/aromatic N) is 3. The molecule has 0 amide bonds. The normalized spacial score (nSPS) is 18.9. The van der Waals surface area contributed by atoms with E-state index in [1.54, 1.807) is 0 Å². The fourth-order valence-corrected chi connectivity index (χ4v) is 6.10. The summed E-state index contributed by atoms with van der Waals surface area (Å²) in [5, 5.41) is 18.5. The predicted octanol–water partition coefficient (Wildman–Crippen LogP) is 6.07. The summed E-state index contributed by atoms with van der Waals surface area (Å²) in [5.74, 6) is 0.513. The first-order valence-corrected chi connectivity index (χ1v) is 10.7. The molecule has 4 rings (SSSR count). The Hall–Kier alpha value is -1.92. The highest BCUT2D eigenvalue weighted by Gasteiger charge is 2.38. The van der Waals surface area contributed by atoms with Gasteiger partial charge in [-0.2, -0.15) is 5.21 Å². The van der Waals surface area contributed by atoms with Gasteiger partial charge in [-0.05, 0) is 53.0 Å². The number of nitrogens with one attached hydrogen (secondary N) is 2. The molecule has 0 spiro atoms. The molecule has 1 radical (unpaired) electrons. The highest BCUT2D eigenvalue weighted by molar-refractivity contribution is 7.19. The van der Waals surface area contributed by atoms with E-state index in [4.69, 9.17) is 11.6 Å². The fraction of sp³-hybridized carbons (Fsp3) is 0.476.